The van der Waals surface area contributed by atoms with E-state index in [0.29, 0.717) is 58.1 Å². The molecule has 4 unspecified atom stereocenters. The van der Waals surface area contributed by atoms with Crippen molar-refractivity contribution in [2.45, 2.75) is 25.0 Å². The summed E-state index contributed by atoms with van der Waals surface area (Å²) < 4.78 is 14.9. The maximum atomic E-state index is 12.4. The molecule has 3 aromatic rings. The number of carbonyl (C=O) groups excluding carboxylic acids is 2. The molecule has 0 saturated heterocycles. The zero-order chi connectivity index (χ0) is 44.5. The fraction of sp³-hybridized carbons (Fsp3) is 0.383. The van der Waals surface area contributed by atoms with Gasteiger partial charge in [-0.3, -0.25) is 4.79 Å². The molecule has 9 rings (SSSR count). The number of fused-ring (bicyclic) bond motifs is 10. The van der Waals surface area contributed by atoms with Crippen LogP contribution in [0.15, 0.2) is 121 Å². The van der Waals surface area contributed by atoms with Gasteiger partial charge < -0.3 is 29.6 Å². The zero-order valence-electron chi connectivity index (χ0n) is 35.1. The van der Waals surface area contributed by atoms with Crippen LogP contribution in [0.25, 0.3) is 0 Å². The molecule has 14 heteroatoms. The zero-order valence-corrected chi connectivity index (χ0v) is 38.1. The molecule has 0 amide bonds. The van der Waals surface area contributed by atoms with Gasteiger partial charge >= 0.3 is 11.9 Å². The molecule has 2 saturated carbocycles. The van der Waals surface area contributed by atoms with Crippen molar-refractivity contribution in [3.05, 3.63) is 138 Å². The number of aliphatic hydroxyl groups excluding tert-OH is 1. The second-order valence-corrected chi connectivity index (χ2v) is 19.3. The third-order valence-corrected chi connectivity index (χ3v) is 12.3. The molecule has 0 heterocycles. The minimum Gasteiger partial charge on any atom is -0.478 e. The highest BCUT2D eigenvalue weighted by Gasteiger charge is 2.50. The Balaban J connectivity index is 0.000000156. The maximum Gasteiger partial charge on any atom is 0.338 e. The van der Waals surface area contributed by atoms with Gasteiger partial charge in [0.1, 0.15) is 6.10 Å². The Bertz CT molecular complexity index is 2060. The van der Waals surface area contributed by atoms with E-state index < -0.39 is 20.4 Å². The average Bonchev–Trinajstić information content (AvgIpc) is 4.10. The molecule has 0 aliphatic heterocycles. The Morgan fingerprint density at radius 2 is 0.951 bits per heavy atom. The van der Waals surface area contributed by atoms with Crippen LogP contribution in [0.5, 0.6) is 0 Å². The minimum atomic E-state index is -1.67. The molecule has 10 atom stereocenters. The number of aliphatic hydroxyl groups is 1. The van der Waals surface area contributed by atoms with Crippen molar-refractivity contribution in [3.8, 4) is 0 Å². The van der Waals surface area contributed by atoms with Crippen molar-refractivity contribution >= 4 is 76.4 Å². The number of ether oxygens (including phenoxy) is 1. The van der Waals surface area contributed by atoms with Crippen LogP contribution >= 0.6 is 33.0 Å². The summed E-state index contributed by atoms with van der Waals surface area (Å²) in [6.45, 7) is 0. The van der Waals surface area contributed by atoms with Crippen LogP contribution in [0.2, 0.25) is 0 Å². The van der Waals surface area contributed by atoms with Crippen LogP contribution in [0.4, 0.5) is 17.1 Å². The number of halogens is 3. The summed E-state index contributed by atoms with van der Waals surface area (Å²) in [5.41, 5.74) is 4.61. The van der Waals surface area contributed by atoms with Gasteiger partial charge in [-0.1, -0.05) is 42.5 Å². The Morgan fingerprint density at radius 1 is 0.574 bits per heavy atom. The molecule has 326 valence electrons. The Labute approximate surface area is 375 Å². The largest absolute Gasteiger partial charge is 0.478 e. The third kappa shape index (κ3) is 12.4. The average molecular weight is 911 g/mol. The number of anilines is 3. The fourth-order valence-corrected chi connectivity index (χ4v) is 9.14. The van der Waals surface area contributed by atoms with E-state index in [-0.39, 0.29) is 18.2 Å². The summed E-state index contributed by atoms with van der Waals surface area (Å²) in [5, 5.41) is 17.8. The van der Waals surface area contributed by atoms with Crippen LogP contribution in [0, 0.1) is 47.3 Å². The van der Waals surface area contributed by atoms with Gasteiger partial charge in [-0.25, -0.2) is 13.8 Å². The smallest absolute Gasteiger partial charge is 0.338 e. The summed E-state index contributed by atoms with van der Waals surface area (Å²) in [5.74, 6) is 3.79. The third-order valence-electron chi connectivity index (χ3n) is 12.1. The van der Waals surface area contributed by atoms with Gasteiger partial charge in [-0.15, -0.1) is 0 Å². The summed E-state index contributed by atoms with van der Waals surface area (Å²) in [6.07, 6.45) is 20.1. The van der Waals surface area contributed by atoms with Gasteiger partial charge in [0, 0.05) is 98.1 Å². The highest BCUT2D eigenvalue weighted by molar-refractivity contribution is 8.26. The maximum absolute atomic E-state index is 12.4. The lowest BCUT2D eigenvalue weighted by atomic mass is 9.84. The number of aromatic carboxylic acids is 1. The van der Waals surface area contributed by atoms with E-state index in [1.54, 1.807) is 36.4 Å². The topological polar surface area (TPSA) is 128 Å². The molecule has 3 aromatic carbocycles. The van der Waals surface area contributed by atoms with Gasteiger partial charge in [-0.2, -0.15) is 0 Å². The number of carboxylic acid groups (broad SMARTS) is 1. The lowest BCUT2D eigenvalue weighted by Crippen LogP contribution is -2.28. The predicted octanol–water partition coefficient (Wildman–Crippen LogP) is 9.27. The molecule has 4 bridgehead atoms. The lowest BCUT2D eigenvalue weighted by Gasteiger charge is -2.26. The van der Waals surface area contributed by atoms with Crippen molar-refractivity contribution in [1.29, 1.82) is 0 Å². The number of carboxylic acids is 1. The number of hydrogen-bond acceptors (Lipinski definition) is 9. The molecular weight excluding hydrogens is 857 g/mol. The first-order valence-corrected chi connectivity index (χ1v) is 23.2. The van der Waals surface area contributed by atoms with Crippen molar-refractivity contribution in [2.24, 2.45) is 47.3 Å². The second kappa shape index (κ2) is 21.6. The monoisotopic (exact) mass is 909 g/mol. The standard InChI is InChI=1S/C19H21NO2.C10H12O.C9H10ClNO.C9H11NO2.Cl2OS/c1-20(2)15-7-5-12(6-8-15)19(21)22-17-10-9-16-13-3-4-14(11-13)18(16)17;11-9-4-3-8-6-1-2-7(5-6)10(8)9;1-11(2)8-5-3-7(4-6-8)9(10)12;1-10(2)8-5-3-7(4-6-8)9(11)12;1-4(2)3/h3-10,13-14,16-18H,11H2,1-2H3;1-4,6-11H,5H2;3-6H,1-2H3;3-6H,1-2H3,(H,11,12);/t13?,14?,16-,17+,18+;6?,7?,8-,9+,10+;;;/m00.../s1. The molecule has 6 aliphatic rings. The number of esters is 1. The van der Waals surface area contributed by atoms with Crippen LogP contribution in [-0.4, -0.2) is 86.1 Å². The molecule has 10 nitrogen and oxygen atoms in total. The number of allylic oxidation sites excluding steroid dienone is 6. The van der Waals surface area contributed by atoms with Gasteiger partial charge in [0.2, 0.25) is 9.23 Å². The summed E-state index contributed by atoms with van der Waals surface area (Å²) in [7, 11) is 19.0. The molecule has 2 N–H and O–H groups in total. The fourth-order valence-electron chi connectivity index (χ4n) is 9.02. The van der Waals surface area contributed by atoms with Crippen LogP contribution in [0.1, 0.15) is 43.9 Å². The lowest BCUT2D eigenvalue weighted by molar-refractivity contribution is 0.0240. The van der Waals surface area contributed by atoms with E-state index in [2.05, 4.69) is 63.9 Å². The summed E-state index contributed by atoms with van der Waals surface area (Å²) >= 11 is 5.28. The van der Waals surface area contributed by atoms with Crippen LogP contribution in [0.3, 0.4) is 0 Å². The Morgan fingerprint density at radius 3 is 1.36 bits per heavy atom. The highest BCUT2D eigenvalue weighted by Crippen LogP contribution is 2.54. The Hall–Kier alpha value is -4.39. The van der Waals surface area contributed by atoms with Gasteiger partial charge in [0.25, 0.3) is 5.24 Å². The Kier molecular flexibility index (Phi) is 16.9. The molecular formula is C47H54Cl3N3O7S. The molecule has 2 fully saturated rings. The van der Waals surface area contributed by atoms with E-state index >= 15 is 0 Å². The first-order chi connectivity index (χ1) is 28.9. The molecule has 0 radical (unpaired) electrons. The summed E-state index contributed by atoms with van der Waals surface area (Å²) in [6, 6.07) is 21.5. The normalized spacial score (nSPS) is 26.9. The van der Waals surface area contributed by atoms with E-state index in [4.69, 9.17) is 25.7 Å². The predicted molar refractivity (Wildman–Crippen MR) is 248 cm³/mol. The van der Waals surface area contributed by atoms with E-state index in [9.17, 15) is 19.5 Å². The quantitative estimate of drug-likeness (QED) is 0.135. The highest BCUT2D eigenvalue weighted by atomic mass is 36.0. The number of benzene rings is 3. The molecule has 61 heavy (non-hydrogen) atoms. The summed E-state index contributed by atoms with van der Waals surface area (Å²) in [4.78, 5) is 39.4. The van der Waals surface area contributed by atoms with E-state index in [0.717, 1.165) is 23.0 Å². The van der Waals surface area contributed by atoms with Crippen LogP contribution in [-0.2, 0) is 14.0 Å². The van der Waals surface area contributed by atoms with E-state index in [1.165, 1.54) is 12.8 Å². The van der Waals surface area contributed by atoms with E-state index in [1.807, 2.05) is 99.5 Å². The number of rotatable bonds is 7. The van der Waals surface area contributed by atoms with Gasteiger partial charge in [-0.05, 0) is 139 Å². The van der Waals surface area contributed by atoms with Crippen molar-refractivity contribution < 1.29 is 33.5 Å². The number of carbonyl (C=O) groups is 3. The van der Waals surface area contributed by atoms with Crippen molar-refractivity contribution in [3.63, 3.8) is 0 Å². The van der Waals surface area contributed by atoms with Crippen molar-refractivity contribution in [2.75, 3.05) is 57.0 Å². The molecule has 0 aromatic heterocycles. The van der Waals surface area contributed by atoms with Gasteiger partial charge in [0.05, 0.1) is 17.2 Å². The van der Waals surface area contributed by atoms with Gasteiger partial charge in [0.15, 0.2) is 0 Å². The molecule has 0 spiro atoms. The molecule has 6 aliphatic carbocycles. The van der Waals surface area contributed by atoms with Crippen LogP contribution < -0.4 is 14.7 Å². The SMILES string of the molecule is CN(C)c1ccc(C(=O)Cl)cc1.CN(C)c1ccc(C(=O)O)cc1.CN(C)c1ccc(C(=O)O[C@@H]2C=C[C@H]3C4C=CC(C4)[C@@H]23)cc1.O=S(Cl)Cl.O[C@@H]1C=C[C@H]2C3C=CC(C3)[C@@H]12. The number of hydrogen-bond donors (Lipinski definition) is 2. The first-order valence-electron chi connectivity index (χ1n) is 20.1. The second-order valence-electron chi connectivity index (χ2n) is 16.4. The number of nitrogens with zero attached hydrogens (tertiary/aromatic N) is 3. The van der Waals surface area contributed by atoms with Crippen molar-refractivity contribution in [1.82, 2.24) is 0 Å². The first kappa shape index (κ1) is 47.7. The minimum absolute atomic E-state index is 0.0639.